The fourth-order valence-electron chi connectivity index (χ4n) is 4.35. The average Bonchev–Trinajstić information content (AvgIpc) is 3.24. The Morgan fingerprint density at radius 2 is 1.44 bits per heavy atom. The van der Waals surface area contributed by atoms with Crippen LogP contribution in [0.3, 0.4) is 0 Å². The Morgan fingerprint density at radius 3 is 2.17 bits per heavy atom. The van der Waals surface area contributed by atoms with Crippen molar-refractivity contribution in [2.75, 3.05) is 0 Å². The highest BCUT2D eigenvalue weighted by Crippen LogP contribution is 2.36. The Hall–Kier alpha value is -3.24. The summed E-state index contributed by atoms with van der Waals surface area (Å²) in [5, 5.41) is 13.0. The van der Waals surface area contributed by atoms with Gasteiger partial charge in [0.2, 0.25) is 0 Å². The second kappa shape index (κ2) is 13.2. The molecule has 0 amide bonds. The predicted molar refractivity (Wildman–Crippen MR) is 159 cm³/mol. The van der Waals surface area contributed by atoms with E-state index in [0.29, 0.717) is 5.75 Å². The van der Waals surface area contributed by atoms with Crippen LogP contribution in [0.15, 0.2) is 67.0 Å². The zero-order valence-electron chi connectivity index (χ0n) is 20.4. The van der Waals surface area contributed by atoms with E-state index in [9.17, 15) is 0 Å². The summed E-state index contributed by atoms with van der Waals surface area (Å²) in [7, 11) is 0. The lowest BCUT2D eigenvalue weighted by Crippen LogP contribution is -1.98. The number of aromatic hydroxyl groups is 1. The first-order valence-electron chi connectivity index (χ1n) is 11.9. The maximum absolute atomic E-state index is 8.92. The van der Waals surface area contributed by atoms with E-state index in [2.05, 4.69) is 67.1 Å². The molecule has 6 rings (SSSR count). The molecule has 0 saturated heterocycles. The number of aromatic nitrogens is 2. The van der Waals surface area contributed by atoms with Crippen molar-refractivity contribution in [3.8, 4) is 5.75 Å². The molecule has 36 heavy (non-hydrogen) atoms. The second-order valence-electron chi connectivity index (χ2n) is 8.87. The average molecular weight is 501 g/mol. The zero-order valence-corrected chi connectivity index (χ0v) is 21.2. The number of fused-ring (bicyclic) bond motifs is 4. The summed E-state index contributed by atoms with van der Waals surface area (Å²) in [6, 6.07) is 20.1. The second-order valence-corrected chi connectivity index (χ2v) is 9.95. The van der Waals surface area contributed by atoms with E-state index >= 15 is 0 Å². The maximum atomic E-state index is 8.92. The molecule has 0 fully saturated rings. The first-order chi connectivity index (χ1) is 16.5. The van der Waals surface area contributed by atoms with E-state index in [1.54, 1.807) is 17.3 Å². The molecule has 0 bridgehead atoms. The van der Waals surface area contributed by atoms with Crippen LogP contribution in [0.25, 0.3) is 21.0 Å². The van der Waals surface area contributed by atoms with Crippen LogP contribution < -0.4 is 0 Å². The van der Waals surface area contributed by atoms with Gasteiger partial charge in [-0.25, -0.2) is 9.97 Å². The van der Waals surface area contributed by atoms with Crippen LogP contribution in [0.4, 0.5) is 0 Å². The number of hydrogen-bond donors (Lipinski definition) is 1. The third kappa shape index (κ3) is 6.50. The molecule has 0 atom stereocenters. The number of nitrogens with zero attached hydrogens (tertiary/aromatic N) is 2. The molecule has 0 aliphatic heterocycles. The SMILES string of the molecule is C.C.Cc1ccc2ccccc2c1C.Cc1ccccc1O.Cc1ncnc2sc3c(c12)CCCC3. The van der Waals surface area contributed by atoms with Crippen LogP contribution >= 0.6 is 11.3 Å². The lowest BCUT2D eigenvalue weighted by Gasteiger charge is -2.10. The fourth-order valence-corrected chi connectivity index (χ4v) is 5.63. The van der Waals surface area contributed by atoms with Crippen LogP contribution in [0.2, 0.25) is 0 Å². The van der Waals surface area contributed by atoms with Gasteiger partial charge in [0, 0.05) is 16.0 Å². The Balaban J connectivity index is 0.000000192. The normalized spacial score (nSPS) is 11.7. The molecule has 1 aliphatic rings. The summed E-state index contributed by atoms with van der Waals surface area (Å²) in [5.41, 5.74) is 6.37. The van der Waals surface area contributed by atoms with Crippen LogP contribution in [0.5, 0.6) is 5.75 Å². The molecular formula is C32H40N2OS. The van der Waals surface area contributed by atoms with Crippen LogP contribution in [-0.2, 0) is 12.8 Å². The first-order valence-corrected chi connectivity index (χ1v) is 12.7. The van der Waals surface area contributed by atoms with Crippen molar-refractivity contribution >= 4 is 32.3 Å². The van der Waals surface area contributed by atoms with Gasteiger partial charge in [0.1, 0.15) is 16.9 Å². The number of para-hydroxylation sites is 1. The molecule has 3 nitrogen and oxygen atoms in total. The fraction of sp³-hybridized carbons (Fsp3) is 0.312. The van der Waals surface area contributed by atoms with Crippen molar-refractivity contribution in [1.29, 1.82) is 0 Å². The zero-order chi connectivity index (χ0) is 24.1. The molecule has 2 aromatic heterocycles. The van der Waals surface area contributed by atoms with Crippen molar-refractivity contribution < 1.29 is 5.11 Å². The highest BCUT2D eigenvalue weighted by Gasteiger charge is 2.17. The lowest BCUT2D eigenvalue weighted by molar-refractivity contribution is 0.471. The molecular weight excluding hydrogens is 460 g/mol. The van der Waals surface area contributed by atoms with Crippen molar-refractivity contribution in [2.45, 2.75) is 68.2 Å². The van der Waals surface area contributed by atoms with Gasteiger partial charge in [-0.3, -0.25) is 0 Å². The monoisotopic (exact) mass is 500 g/mol. The summed E-state index contributed by atoms with van der Waals surface area (Å²) in [5.74, 6) is 0.368. The van der Waals surface area contributed by atoms with Crippen LogP contribution in [-0.4, -0.2) is 15.1 Å². The Labute approximate surface area is 220 Å². The first kappa shape index (κ1) is 29.0. The number of phenolic OH excluding ortho intramolecular Hbond substituents is 1. The Morgan fingerprint density at radius 1 is 0.750 bits per heavy atom. The van der Waals surface area contributed by atoms with Gasteiger partial charge in [-0.2, -0.15) is 0 Å². The lowest BCUT2D eigenvalue weighted by atomic mass is 9.96. The predicted octanol–water partition coefficient (Wildman–Crippen LogP) is 9.31. The quantitative estimate of drug-likeness (QED) is 0.230. The smallest absolute Gasteiger partial charge is 0.127 e. The number of aryl methyl sites for hydroxylation is 6. The van der Waals surface area contributed by atoms with Crippen molar-refractivity contribution in [2.24, 2.45) is 0 Å². The third-order valence-electron chi connectivity index (χ3n) is 6.53. The molecule has 1 N–H and O–H groups in total. The summed E-state index contributed by atoms with van der Waals surface area (Å²) < 4.78 is 0. The van der Waals surface area contributed by atoms with E-state index in [4.69, 9.17) is 5.11 Å². The van der Waals surface area contributed by atoms with Crippen LogP contribution in [0.1, 0.15) is 60.5 Å². The van der Waals surface area contributed by atoms with Crippen molar-refractivity contribution in [3.05, 3.63) is 99.8 Å². The van der Waals surface area contributed by atoms with Gasteiger partial charge in [-0.1, -0.05) is 69.5 Å². The number of thiophene rings is 1. The maximum Gasteiger partial charge on any atom is 0.127 e. The van der Waals surface area contributed by atoms with E-state index in [-0.39, 0.29) is 14.9 Å². The minimum Gasteiger partial charge on any atom is -0.508 e. The van der Waals surface area contributed by atoms with Gasteiger partial charge in [-0.05, 0) is 92.5 Å². The number of hydrogen-bond acceptors (Lipinski definition) is 4. The molecule has 5 aromatic rings. The minimum absolute atomic E-state index is 0. The van der Waals surface area contributed by atoms with E-state index in [1.165, 1.54) is 63.4 Å². The van der Waals surface area contributed by atoms with Gasteiger partial charge in [0.15, 0.2) is 0 Å². The molecule has 4 heteroatoms. The van der Waals surface area contributed by atoms with E-state index in [1.807, 2.05) is 36.5 Å². The molecule has 2 heterocycles. The largest absolute Gasteiger partial charge is 0.508 e. The summed E-state index contributed by atoms with van der Waals surface area (Å²) in [6.45, 7) is 8.29. The molecule has 1 aliphatic carbocycles. The summed E-state index contributed by atoms with van der Waals surface area (Å²) in [6.07, 6.45) is 6.82. The van der Waals surface area contributed by atoms with Gasteiger partial charge in [0.25, 0.3) is 0 Å². The van der Waals surface area contributed by atoms with Gasteiger partial charge in [0.05, 0.1) is 0 Å². The highest BCUT2D eigenvalue weighted by molar-refractivity contribution is 7.18. The van der Waals surface area contributed by atoms with Crippen molar-refractivity contribution in [1.82, 2.24) is 9.97 Å². The minimum atomic E-state index is 0. The Kier molecular flexibility index (Phi) is 10.6. The number of phenols is 1. The molecule has 3 aromatic carbocycles. The standard InChI is InChI=1S/C12H12.C11H12N2S.C7H8O.2CH4/c1-9-7-8-11-5-3-4-6-12(11)10(9)2;1-7-10-8-4-2-3-5-9(8)14-11(10)13-6-12-7;1-6-4-2-3-5-7(6)8;;/h3-8H,1-2H3;6H,2-5H2,1H3;2-5,8H,1H3;2*1H4. The van der Waals surface area contributed by atoms with Crippen molar-refractivity contribution in [3.63, 3.8) is 0 Å². The van der Waals surface area contributed by atoms with E-state index in [0.717, 1.165) is 11.3 Å². The van der Waals surface area contributed by atoms with Gasteiger partial charge < -0.3 is 5.11 Å². The summed E-state index contributed by atoms with van der Waals surface area (Å²) >= 11 is 1.86. The topological polar surface area (TPSA) is 46.0 Å². The molecule has 190 valence electrons. The summed E-state index contributed by atoms with van der Waals surface area (Å²) in [4.78, 5) is 11.4. The highest BCUT2D eigenvalue weighted by atomic mass is 32.1. The van der Waals surface area contributed by atoms with Gasteiger partial charge in [-0.15, -0.1) is 11.3 Å². The molecule has 0 unspecified atom stereocenters. The Bertz CT molecular complexity index is 1400. The number of rotatable bonds is 0. The molecule has 0 saturated carbocycles. The van der Waals surface area contributed by atoms with E-state index < -0.39 is 0 Å². The molecule has 0 radical (unpaired) electrons. The molecule has 0 spiro atoms. The van der Waals surface area contributed by atoms with Crippen LogP contribution in [0, 0.1) is 27.7 Å². The van der Waals surface area contributed by atoms with Gasteiger partial charge >= 0.3 is 0 Å². The third-order valence-corrected chi connectivity index (χ3v) is 7.73. The number of benzene rings is 3.